The first-order valence-electron chi connectivity index (χ1n) is 10.6. The Bertz CT molecular complexity index is 815. The molecule has 0 aliphatic rings. The maximum Gasteiger partial charge on any atom is 0.271 e. The van der Waals surface area contributed by atoms with Crippen molar-refractivity contribution in [1.29, 1.82) is 0 Å². The van der Waals surface area contributed by atoms with Crippen LogP contribution >= 0.6 is 0 Å². The lowest BCUT2D eigenvalue weighted by Crippen LogP contribution is -2.17. The number of hydrogen-bond acceptors (Lipinski definition) is 4. The van der Waals surface area contributed by atoms with Crippen molar-refractivity contribution < 1.29 is 14.3 Å². The fourth-order valence-corrected chi connectivity index (χ4v) is 2.86. The Hall–Kier alpha value is -3.15. The highest BCUT2D eigenvalue weighted by Crippen LogP contribution is 2.12. The molecule has 0 aliphatic heterocycles. The average molecular weight is 410 g/mol. The van der Waals surface area contributed by atoms with Gasteiger partial charge in [0.05, 0.1) is 12.8 Å². The fourth-order valence-electron chi connectivity index (χ4n) is 2.86. The fraction of sp³-hybridized carbons (Fsp3) is 0.375. The second-order valence-electron chi connectivity index (χ2n) is 6.99. The average Bonchev–Trinajstić information content (AvgIpc) is 2.75. The Kier molecular flexibility index (Phi) is 10.1. The van der Waals surface area contributed by atoms with E-state index in [0.717, 1.165) is 24.2 Å². The summed E-state index contributed by atoms with van der Waals surface area (Å²) in [4.78, 5) is 24.2. The third kappa shape index (κ3) is 8.47. The van der Waals surface area contributed by atoms with Crippen molar-refractivity contribution in [2.75, 3.05) is 11.9 Å². The van der Waals surface area contributed by atoms with Crippen molar-refractivity contribution in [3.8, 4) is 5.75 Å². The molecule has 160 valence electrons. The van der Waals surface area contributed by atoms with Gasteiger partial charge in [-0.1, -0.05) is 32.6 Å². The van der Waals surface area contributed by atoms with Gasteiger partial charge >= 0.3 is 0 Å². The van der Waals surface area contributed by atoms with Gasteiger partial charge in [-0.2, -0.15) is 5.10 Å². The molecule has 2 aromatic carbocycles. The SMILES string of the molecule is CCCCCCCC(=O)Nc1ccc(C(=O)N/N=C\c2ccc(OCC)cc2)cc1. The zero-order valence-corrected chi connectivity index (χ0v) is 17.8. The van der Waals surface area contributed by atoms with E-state index in [1.54, 1.807) is 30.5 Å². The molecule has 0 aromatic heterocycles. The first-order valence-corrected chi connectivity index (χ1v) is 10.6. The van der Waals surface area contributed by atoms with Crippen LogP contribution in [0.5, 0.6) is 5.75 Å². The summed E-state index contributed by atoms with van der Waals surface area (Å²) in [6, 6.07) is 14.2. The highest BCUT2D eigenvalue weighted by molar-refractivity contribution is 5.96. The number of anilines is 1. The normalized spacial score (nSPS) is 10.7. The molecule has 2 amide bonds. The van der Waals surface area contributed by atoms with Crippen LogP contribution in [0.3, 0.4) is 0 Å². The molecular weight excluding hydrogens is 378 g/mol. The molecule has 6 nitrogen and oxygen atoms in total. The molecule has 0 bridgehead atoms. The van der Waals surface area contributed by atoms with Crippen molar-refractivity contribution >= 4 is 23.7 Å². The van der Waals surface area contributed by atoms with Gasteiger partial charge in [-0.15, -0.1) is 0 Å². The monoisotopic (exact) mass is 409 g/mol. The lowest BCUT2D eigenvalue weighted by atomic mass is 10.1. The summed E-state index contributed by atoms with van der Waals surface area (Å²) in [5.74, 6) is 0.483. The Labute approximate surface area is 178 Å². The second-order valence-corrected chi connectivity index (χ2v) is 6.99. The minimum atomic E-state index is -0.314. The van der Waals surface area contributed by atoms with E-state index >= 15 is 0 Å². The van der Waals surface area contributed by atoms with Crippen LogP contribution in [0.4, 0.5) is 5.69 Å². The molecule has 0 saturated heterocycles. The Morgan fingerprint density at radius 3 is 2.30 bits per heavy atom. The molecule has 0 unspecified atom stereocenters. The molecule has 0 fully saturated rings. The van der Waals surface area contributed by atoms with Crippen LogP contribution in [0.15, 0.2) is 53.6 Å². The molecule has 0 radical (unpaired) electrons. The number of nitrogens with one attached hydrogen (secondary N) is 2. The first kappa shape index (κ1) is 23.1. The van der Waals surface area contributed by atoms with E-state index in [2.05, 4.69) is 22.8 Å². The molecule has 0 saturated carbocycles. The van der Waals surface area contributed by atoms with Gasteiger partial charge in [0.2, 0.25) is 5.91 Å². The van der Waals surface area contributed by atoms with E-state index in [-0.39, 0.29) is 11.8 Å². The number of hydrogen-bond donors (Lipinski definition) is 2. The van der Waals surface area contributed by atoms with Crippen LogP contribution < -0.4 is 15.5 Å². The molecule has 0 heterocycles. The number of benzene rings is 2. The third-order valence-electron chi connectivity index (χ3n) is 4.51. The highest BCUT2D eigenvalue weighted by Gasteiger charge is 2.06. The van der Waals surface area contributed by atoms with Crippen LogP contribution in [-0.2, 0) is 4.79 Å². The number of nitrogens with zero attached hydrogens (tertiary/aromatic N) is 1. The maximum absolute atomic E-state index is 12.2. The summed E-state index contributed by atoms with van der Waals surface area (Å²) in [6.07, 6.45) is 7.66. The van der Waals surface area contributed by atoms with Crippen LogP contribution in [0, 0.1) is 0 Å². The number of hydrazone groups is 1. The van der Waals surface area contributed by atoms with Gasteiger partial charge in [0, 0.05) is 17.7 Å². The Morgan fingerprint density at radius 2 is 1.63 bits per heavy atom. The van der Waals surface area contributed by atoms with Gasteiger partial charge in [0.15, 0.2) is 0 Å². The summed E-state index contributed by atoms with van der Waals surface area (Å²) in [5, 5.41) is 6.85. The maximum atomic E-state index is 12.2. The molecule has 0 spiro atoms. The van der Waals surface area contributed by atoms with E-state index in [0.29, 0.717) is 24.3 Å². The van der Waals surface area contributed by atoms with Crippen LogP contribution in [-0.4, -0.2) is 24.6 Å². The van der Waals surface area contributed by atoms with Gasteiger partial charge in [-0.3, -0.25) is 9.59 Å². The molecule has 6 heteroatoms. The standard InChI is InChI=1S/C24H31N3O3/c1-3-5-6-7-8-9-23(28)26-21-14-12-20(13-15-21)24(29)27-25-18-19-10-16-22(17-11-19)30-4-2/h10-18H,3-9H2,1-2H3,(H,26,28)(H,27,29)/b25-18-. The quantitative estimate of drug-likeness (QED) is 0.289. The molecule has 0 atom stereocenters. The van der Waals surface area contributed by atoms with E-state index in [4.69, 9.17) is 4.74 Å². The van der Waals surface area contributed by atoms with E-state index in [9.17, 15) is 9.59 Å². The summed E-state index contributed by atoms with van der Waals surface area (Å²) >= 11 is 0. The van der Waals surface area contributed by atoms with Crippen molar-refractivity contribution in [3.63, 3.8) is 0 Å². The molecule has 2 aromatic rings. The number of carbonyl (C=O) groups excluding carboxylic acids is 2. The van der Waals surface area contributed by atoms with Gasteiger partial charge in [-0.25, -0.2) is 5.43 Å². The zero-order chi connectivity index (χ0) is 21.6. The minimum absolute atomic E-state index is 0.00338. The first-order chi connectivity index (χ1) is 14.6. The highest BCUT2D eigenvalue weighted by atomic mass is 16.5. The van der Waals surface area contributed by atoms with Gasteiger partial charge in [-0.05, 0) is 67.4 Å². The lowest BCUT2D eigenvalue weighted by Gasteiger charge is -2.06. The second kappa shape index (κ2) is 13.1. The van der Waals surface area contributed by atoms with Gasteiger partial charge in [0.1, 0.15) is 5.75 Å². The molecule has 30 heavy (non-hydrogen) atoms. The number of carbonyl (C=O) groups is 2. The molecule has 2 rings (SSSR count). The third-order valence-corrected chi connectivity index (χ3v) is 4.51. The van der Waals surface area contributed by atoms with Gasteiger partial charge < -0.3 is 10.1 Å². The summed E-state index contributed by atoms with van der Waals surface area (Å²) < 4.78 is 5.39. The lowest BCUT2D eigenvalue weighted by molar-refractivity contribution is -0.116. The molecule has 0 aliphatic carbocycles. The Morgan fingerprint density at radius 1 is 0.933 bits per heavy atom. The van der Waals surface area contributed by atoms with E-state index < -0.39 is 0 Å². The largest absolute Gasteiger partial charge is 0.494 e. The topological polar surface area (TPSA) is 79.8 Å². The number of unbranched alkanes of at least 4 members (excludes halogenated alkanes) is 4. The van der Waals surface area contributed by atoms with Crippen molar-refractivity contribution in [2.24, 2.45) is 5.10 Å². The predicted octanol–water partition coefficient (Wildman–Crippen LogP) is 5.15. The molecule has 2 N–H and O–H groups in total. The van der Waals surface area contributed by atoms with E-state index in [1.807, 2.05) is 31.2 Å². The van der Waals surface area contributed by atoms with E-state index in [1.165, 1.54) is 19.3 Å². The zero-order valence-electron chi connectivity index (χ0n) is 17.8. The van der Waals surface area contributed by atoms with Crippen molar-refractivity contribution in [3.05, 3.63) is 59.7 Å². The smallest absolute Gasteiger partial charge is 0.271 e. The molecular formula is C24H31N3O3. The predicted molar refractivity (Wildman–Crippen MR) is 121 cm³/mol. The summed E-state index contributed by atoms with van der Waals surface area (Å²) in [7, 11) is 0. The van der Waals surface area contributed by atoms with Crippen molar-refractivity contribution in [2.45, 2.75) is 52.4 Å². The van der Waals surface area contributed by atoms with Gasteiger partial charge in [0.25, 0.3) is 5.91 Å². The van der Waals surface area contributed by atoms with Crippen LogP contribution in [0.2, 0.25) is 0 Å². The summed E-state index contributed by atoms with van der Waals surface area (Å²) in [5.41, 5.74) is 4.51. The Balaban J connectivity index is 1.76. The van der Waals surface area contributed by atoms with Crippen molar-refractivity contribution in [1.82, 2.24) is 5.43 Å². The van der Waals surface area contributed by atoms with Crippen LogP contribution in [0.1, 0.15) is 68.3 Å². The number of ether oxygens (including phenoxy) is 1. The minimum Gasteiger partial charge on any atom is -0.494 e. The number of rotatable bonds is 12. The van der Waals surface area contributed by atoms with Crippen LogP contribution in [0.25, 0.3) is 0 Å². The summed E-state index contributed by atoms with van der Waals surface area (Å²) in [6.45, 7) is 4.72. The number of amides is 2.